The fourth-order valence-corrected chi connectivity index (χ4v) is 1.63. The monoisotopic (exact) mass is 235 g/mol. The SMILES string of the molecule is C=CCNc1cccc2c(O)cccc12.Cl. The molecule has 0 unspecified atom stereocenters. The number of rotatable bonds is 3. The van der Waals surface area contributed by atoms with E-state index in [1.165, 1.54) is 0 Å². The lowest BCUT2D eigenvalue weighted by atomic mass is 10.1. The molecule has 0 saturated heterocycles. The van der Waals surface area contributed by atoms with Gasteiger partial charge in [-0.2, -0.15) is 0 Å². The molecule has 0 aliphatic rings. The molecule has 0 radical (unpaired) electrons. The van der Waals surface area contributed by atoms with Crippen molar-refractivity contribution in [2.45, 2.75) is 0 Å². The lowest BCUT2D eigenvalue weighted by molar-refractivity contribution is 0.481. The quantitative estimate of drug-likeness (QED) is 0.798. The molecule has 0 amide bonds. The first kappa shape index (κ1) is 12.4. The predicted octanol–water partition coefficient (Wildman–Crippen LogP) is 3.57. The van der Waals surface area contributed by atoms with E-state index >= 15 is 0 Å². The van der Waals surface area contributed by atoms with E-state index in [1.54, 1.807) is 6.07 Å². The molecular formula is C13H14ClNO. The number of hydrogen-bond donors (Lipinski definition) is 2. The van der Waals surface area contributed by atoms with Crippen molar-refractivity contribution in [1.82, 2.24) is 0 Å². The van der Waals surface area contributed by atoms with Gasteiger partial charge in [0, 0.05) is 23.0 Å². The second-order valence-corrected chi connectivity index (χ2v) is 3.35. The number of hydrogen-bond acceptors (Lipinski definition) is 2. The molecule has 0 heterocycles. The molecule has 0 aliphatic carbocycles. The molecule has 0 aliphatic heterocycles. The smallest absolute Gasteiger partial charge is 0.123 e. The molecule has 0 fully saturated rings. The predicted molar refractivity (Wildman–Crippen MR) is 71.5 cm³/mol. The molecule has 0 aromatic heterocycles. The van der Waals surface area contributed by atoms with Crippen LogP contribution in [-0.4, -0.2) is 11.7 Å². The van der Waals surface area contributed by atoms with Gasteiger partial charge in [0.15, 0.2) is 0 Å². The van der Waals surface area contributed by atoms with Gasteiger partial charge in [0.05, 0.1) is 0 Å². The molecule has 84 valence electrons. The van der Waals surface area contributed by atoms with Crippen LogP contribution in [0.15, 0.2) is 49.1 Å². The number of phenolic OH excluding ortho intramolecular Hbond substituents is 1. The van der Waals surface area contributed by atoms with Crippen LogP contribution in [0.1, 0.15) is 0 Å². The van der Waals surface area contributed by atoms with E-state index in [1.807, 2.05) is 36.4 Å². The van der Waals surface area contributed by atoms with Gasteiger partial charge in [0.2, 0.25) is 0 Å². The van der Waals surface area contributed by atoms with Crippen molar-refractivity contribution >= 4 is 28.9 Å². The highest BCUT2D eigenvalue weighted by atomic mass is 35.5. The van der Waals surface area contributed by atoms with Crippen LogP contribution in [0, 0.1) is 0 Å². The fourth-order valence-electron chi connectivity index (χ4n) is 1.63. The van der Waals surface area contributed by atoms with Crippen LogP contribution in [0.5, 0.6) is 5.75 Å². The Balaban J connectivity index is 0.00000128. The van der Waals surface area contributed by atoms with Gasteiger partial charge in [-0.1, -0.05) is 30.3 Å². The van der Waals surface area contributed by atoms with Gasteiger partial charge in [-0.3, -0.25) is 0 Å². The van der Waals surface area contributed by atoms with Gasteiger partial charge < -0.3 is 10.4 Å². The summed E-state index contributed by atoms with van der Waals surface area (Å²) in [4.78, 5) is 0. The zero-order chi connectivity index (χ0) is 10.7. The van der Waals surface area contributed by atoms with Gasteiger partial charge in [-0.25, -0.2) is 0 Å². The molecule has 0 spiro atoms. The van der Waals surface area contributed by atoms with Crippen LogP contribution < -0.4 is 5.32 Å². The molecule has 2 nitrogen and oxygen atoms in total. The molecule has 2 aromatic rings. The van der Waals surface area contributed by atoms with Crippen LogP contribution in [0.25, 0.3) is 10.8 Å². The summed E-state index contributed by atoms with van der Waals surface area (Å²) in [5.74, 6) is 0.315. The van der Waals surface area contributed by atoms with E-state index in [0.717, 1.165) is 23.0 Å². The third-order valence-corrected chi connectivity index (χ3v) is 2.34. The second kappa shape index (κ2) is 5.42. The Bertz CT molecular complexity index is 496. The highest BCUT2D eigenvalue weighted by molar-refractivity contribution is 5.97. The van der Waals surface area contributed by atoms with Crippen molar-refractivity contribution in [1.29, 1.82) is 0 Å². The van der Waals surface area contributed by atoms with Crippen LogP contribution in [0.3, 0.4) is 0 Å². The van der Waals surface area contributed by atoms with Gasteiger partial charge in [0.25, 0.3) is 0 Å². The zero-order valence-corrected chi connectivity index (χ0v) is 9.63. The standard InChI is InChI=1S/C13H13NO.ClH/c1-2-9-14-12-7-3-6-11-10(12)5-4-8-13(11)15;/h2-8,14-15H,1,9H2;1H. The zero-order valence-electron chi connectivity index (χ0n) is 8.81. The molecule has 16 heavy (non-hydrogen) atoms. The van der Waals surface area contributed by atoms with Crippen molar-refractivity contribution < 1.29 is 5.11 Å². The Morgan fingerprint density at radius 1 is 1.12 bits per heavy atom. The Hall–Kier alpha value is -1.67. The molecule has 2 N–H and O–H groups in total. The Morgan fingerprint density at radius 2 is 1.81 bits per heavy atom. The summed E-state index contributed by atoms with van der Waals surface area (Å²) in [6.45, 7) is 4.38. The first-order chi connectivity index (χ1) is 7.33. The summed E-state index contributed by atoms with van der Waals surface area (Å²) in [5, 5.41) is 14.8. The van der Waals surface area contributed by atoms with Crippen molar-refractivity contribution in [3.8, 4) is 5.75 Å². The minimum atomic E-state index is 0. The van der Waals surface area contributed by atoms with Crippen molar-refractivity contribution in [3.63, 3.8) is 0 Å². The van der Waals surface area contributed by atoms with E-state index in [4.69, 9.17) is 0 Å². The number of nitrogens with one attached hydrogen (secondary N) is 1. The summed E-state index contributed by atoms with van der Waals surface area (Å²) in [6, 6.07) is 11.3. The molecule has 0 bridgehead atoms. The maximum atomic E-state index is 9.67. The summed E-state index contributed by atoms with van der Waals surface area (Å²) in [7, 11) is 0. The molecule has 2 rings (SSSR count). The van der Waals surface area contributed by atoms with Gasteiger partial charge in [-0.15, -0.1) is 19.0 Å². The summed E-state index contributed by atoms with van der Waals surface area (Å²) >= 11 is 0. The van der Waals surface area contributed by atoms with Crippen LogP contribution >= 0.6 is 12.4 Å². The topological polar surface area (TPSA) is 32.3 Å². The molecule has 0 saturated carbocycles. The van der Waals surface area contributed by atoms with E-state index in [0.29, 0.717) is 5.75 Å². The van der Waals surface area contributed by atoms with Crippen molar-refractivity contribution in [2.75, 3.05) is 11.9 Å². The van der Waals surface area contributed by atoms with Crippen LogP contribution in [0.4, 0.5) is 5.69 Å². The van der Waals surface area contributed by atoms with Gasteiger partial charge in [0.1, 0.15) is 5.75 Å². The fraction of sp³-hybridized carbons (Fsp3) is 0.0769. The van der Waals surface area contributed by atoms with E-state index in [-0.39, 0.29) is 12.4 Å². The average Bonchev–Trinajstić information content (AvgIpc) is 2.27. The largest absolute Gasteiger partial charge is 0.507 e. The van der Waals surface area contributed by atoms with Crippen molar-refractivity contribution in [3.05, 3.63) is 49.1 Å². The number of halogens is 1. The van der Waals surface area contributed by atoms with Crippen LogP contribution in [-0.2, 0) is 0 Å². The first-order valence-corrected chi connectivity index (χ1v) is 4.88. The van der Waals surface area contributed by atoms with E-state index in [2.05, 4.69) is 11.9 Å². The minimum absolute atomic E-state index is 0. The Labute approximate surface area is 101 Å². The second-order valence-electron chi connectivity index (χ2n) is 3.35. The lowest BCUT2D eigenvalue weighted by Gasteiger charge is -2.08. The third-order valence-electron chi connectivity index (χ3n) is 2.34. The molecule has 0 atom stereocenters. The molecular weight excluding hydrogens is 222 g/mol. The van der Waals surface area contributed by atoms with Gasteiger partial charge in [-0.05, 0) is 12.1 Å². The van der Waals surface area contributed by atoms with Gasteiger partial charge >= 0.3 is 0 Å². The van der Waals surface area contributed by atoms with E-state index in [9.17, 15) is 5.11 Å². The normalized spacial score (nSPS) is 9.50. The maximum absolute atomic E-state index is 9.67. The third kappa shape index (κ3) is 2.28. The number of benzene rings is 2. The number of phenols is 1. The number of fused-ring (bicyclic) bond motifs is 1. The maximum Gasteiger partial charge on any atom is 0.123 e. The first-order valence-electron chi connectivity index (χ1n) is 4.88. The summed E-state index contributed by atoms with van der Waals surface area (Å²) in [6.07, 6.45) is 1.81. The minimum Gasteiger partial charge on any atom is -0.507 e. The lowest BCUT2D eigenvalue weighted by Crippen LogP contribution is -1.97. The highest BCUT2D eigenvalue weighted by Crippen LogP contribution is 2.29. The average molecular weight is 236 g/mol. The Kier molecular flexibility index (Phi) is 4.20. The summed E-state index contributed by atoms with van der Waals surface area (Å²) < 4.78 is 0. The van der Waals surface area contributed by atoms with Crippen molar-refractivity contribution in [2.24, 2.45) is 0 Å². The number of anilines is 1. The summed E-state index contributed by atoms with van der Waals surface area (Å²) in [5.41, 5.74) is 1.02. The number of aromatic hydroxyl groups is 1. The molecule has 2 aromatic carbocycles. The highest BCUT2D eigenvalue weighted by Gasteiger charge is 2.02. The van der Waals surface area contributed by atoms with Crippen LogP contribution in [0.2, 0.25) is 0 Å². The Morgan fingerprint density at radius 3 is 2.56 bits per heavy atom. The van der Waals surface area contributed by atoms with E-state index < -0.39 is 0 Å². The molecule has 3 heteroatoms.